The number of hydrogen-bond donors (Lipinski definition) is 1. The van der Waals surface area contributed by atoms with Gasteiger partial charge < -0.3 is 14.8 Å². The summed E-state index contributed by atoms with van der Waals surface area (Å²) in [5.74, 6) is -1.78. The Morgan fingerprint density at radius 2 is 1.90 bits per heavy atom. The summed E-state index contributed by atoms with van der Waals surface area (Å²) in [7, 11) is 2.39. The number of esters is 2. The summed E-state index contributed by atoms with van der Waals surface area (Å²) in [6.45, 7) is 1.77. The van der Waals surface area contributed by atoms with Gasteiger partial charge in [-0.15, -0.1) is 0 Å². The normalized spacial score (nSPS) is 11.4. The summed E-state index contributed by atoms with van der Waals surface area (Å²) < 4.78 is 9.92. The van der Waals surface area contributed by atoms with E-state index in [1.807, 2.05) is 0 Å². The van der Waals surface area contributed by atoms with Gasteiger partial charge in [0, 0.05) is 10.0 Å². The van der Waals surface area contributed by atoms with Gasteiger partial charge in [0.05, 0.1) is 20.6 Å². The number of methoxy groups -OCH3 is 2. The second-order valence-electron chi connectivity index (χ2n) is 4.29. The van der Waals surface area contributed by atoms with Crippen LogP contribution in [-0.4, -0.2) is 38.1 Å². The molecule has 0 heterocycles. The van der Waals surface area contributed by atoms with Crippen molar-refractivity contribution in [3.63, 3.8) is 0 Å². The maximum absolute atomic E-state index is 12.2. The molecule has 0 fully saturated rings. The highest BCUT2D eigenvalue weighted by Gasteiger charge is 2.26. The van der Waals surface area contributed by atoms with Gasteiger partial charge in [0.15, 0.2) is 0 Å². The van der Waals surface area contributed by atoms with Crippen LogP contribution >= 0.6 is 15.9 Å². The van der Waals surface area contributed by atoms with E-state index in [4.69, 9.17) is 0 Å². The summed E-state index contributed by atoms with van der Waals surface area (Å²) >= 11 is 3.31. The van der Waals surface area contributed by atoms with Gasteiger partial charge in [-0.1, -0.05) is 15.9 Å². The van der Waals surface area contributed by atoms with E-state index in [9.17, 15) is 14.4 Å². The Balaban J connectivity index is 2.89. The summed E-state index contributed by atoms with van der Waals surface area (Å²) in [5.41, 5.74) is 1.15. The molecular formula is C14H16BrNO5. The minimum Gasteiger partial charge on any atom is -0.469 e. The fourth-order valence-electron chi connectivity index (χ4n) is 1.70. The first-order valence-corrected chi connectivity index (χ1v) is 6.90. The van der Waals surface area contributed by atoms with Crippen LogP contribution in [0.5, 0.6) is 0 Å². The number of carbonyl (C=O) groups excluding carboxylic acids is 3. The lowest BCUT2D eigenvalue weighted by molar-refractivity contribution is -0.149. The Bertz CT molecular complexity index is 558. The molecule has 0 aliphatic heterocycles. The van der Waals surface area contributed by atoms with Crippen LogP contribution in [0.25, 0.3) is 0 Å². The second kappa shape index (κ2) is 7.78. The maximum Gasteiger partial charge on any atom is 0.328 e. The smallest absolute Gasteiger partial charge is 0.328 e. The number of halogens is 1. The fourth-order valence-corrected chi connectivity index (χ4v) is 2.18. The standard InChI is InChI=1S/C14H16BrNO5/c1-8-6-9(15)4-5-10(8)13(18)16-11(14(19)21-3)7-12(17)20-2/h4-6,11H,7H2,1-3H3,(H,16,18). The van der Waals surface area contributed by atoms with Crippen molar-refractivity contribution in [2.75, 3.05) is 14.2 Å². The first-order chi connectivity index (χ1) is 9.88. The van der Waals surface area contributed by atoms with E-state index in [1.54, 1.807) is 25.1 Å². The lowest BCUT2D eigenvalue weighted by Crippen LogP contribution is -2.43. The van der Waals surface area contributed by atoms with Crippen LogP contribution in [0.1, 0.15) is 22.3 Å². The van der Waals surface area contributed by atoms with Crippen molar-refractivity contribution in [3.05, 3.63) is 33.8 Å². The number of nitrogens with one attached hydrogen (secondary N) is 1. The molecule has 1 amide bonds. The Morgan fingerprint density at radius 3 is 2.43 bits per heavy atom. The van der Waals surface area contributed by atoms with E-state index in [-0.39, 0.29) is 6.42 Å². The first-order valence-electron chi connectivity index (χ1n) is 6.10. The zero-order chi connectivity index (χ0) is 16.0. The molecule has 1 atom stereocenters. The van der Waals surface area contributed by atoms with E-state index in [2.05, 4.69) is 30.7 Å². The molecule has 114 valence electrons. The average molecular weight is 358 g/mol. The molecule has 0 aliphatic carbocycles. The Labute approximate surface area is 130 Å². The Morgan fingerprint density at radius 1 is 1.24 bits per heavy atom. The van der Waals surface area contributed by atoms with Crippen LogP contribution in [0.15, 0.2) is 22.7 Å². The maximum atomic E-state index is 12.2. The molecule has 0 bridgehead atoms. The molecule has 0 saturated carbocycles. The third-order valence-corrected chi connectivity index (χ3v) is 3.32. The lowest BCUT2D eigenvalue weighted by atomic mass is 10.1. The van der Waals surface area contributed by atoms with Crippen LogP contribution in [-0.2, 0) is 19.1 Å². The molecule has 6 nitrogen and oxygen atoms in total. The molecule has 1 aromatic carbocycles. The van der Waals surface area contributed by atoms with E-state index in [1.165, 1.54) is 14.2 Å². The van der Waals surface area contributed by atoms with Crippen molar-refractivity contribution in [2.24, 2.45) is 0 Å². The topological polar surface area (TPSA) is 81.7 Å². The quantitative estimate of drug-likeness (QED) is 0.809. The number of ether oxygens (including phenoxy) is 2. The molecule has 1 unspecified atom stereocenters. The molecule has 0 aliphatic rings. The van der Waals surface area contributed by atoms with E-state index >= 15 is 0 Å². The minimum atomic E-state index is -1.09. The predicted octanol–water partition coefficient (Wildman–Crippen LogP) is 1.59. The first kappa shape index (κ1) is 17.2. The third-order valence-electron chi connectivity index (χ3n) is 2.82. The number of amides is 1. The molecule has 21 heavy (non-hydrogen) atoms. The Kier molecular flexibility index (Phi) is 6.36. The molecule has 0 saturated heterocycles. The molecule has 0 radical (unpaired) electrons. The minimum absolute atomic E-state index is 0.287. The summed E-state index contributed by atoms with van der Waals surface area (Å²) in [5, 5.41) is 2.48. The van der Waals surface area contributed by atoms with Gasteiger partial charge in [0.2, 0.25) is 0 Å². The van der Waals surface area contributed by atoms with Gasteiger partial charge >= 0.3 is 11.9 Å². The highest BCUT2D eigenvalue weighted by atomic mass is 79.9. The van der Waals surface area contributed by atoms with E-state index in [0.717, 1.165) is 10.0 Å². The Hall–Kier alpha value is -1.89. The summed E-state index contributed by atoms with van der Waals surface area (Å²) in [4.78, 5) is 35.1. The average Bonchev–Trinajstić information content (AvgIpc) is 2.45. The number of carbonyl (C=O) groups is 3. The van der Waals surface area contributed by atoms with Crippen molar-refractivity contribution in [1.29, 1.82) is 0 Å². The molecule has 0 aromatic heterocycles. The number of rotatable bonds is 5. The SMILES string of the molecule is COC(=O)CC(NC(=O)c1ccc(Br)cc1C)C(=O)OC. The largest absolute Gasteiger partial charge is 0.469 e. The third kappa shape index (κ3) is 4.86. The van der Waals surface area contributed by atoms with Gasteiger partial charge in [-0.2, -0.15) is 0 Å². The van der Waals surface area contributed by atoms with Gasteiger partial charge in [-0.3, -0.25) is 9.59 Å². The van der Waals surface area contributed by atoms with Crippen molar-refractivity contribution < 1.29 is 23.9 Å². The van der Waals surface area contributed by atoms with Crippen LogP contribution in [0, 0.1) is 6.92 Å². The van der Waals surface area contributed by atoms with Crippen LogP contribution in [0.3, 0.4) is 0 Å². The van der Waals surface area contributed by atoms with Crippen molar-refractivity contribution in [2.45, 2.75) is 19.4 Å². The molecular weight excluding hydrogens is 342 g/mol. The van der Waals surface area contributed by atoms with Crippen LogP contribution < -0.4 is 5.32 Å². The zero-order valence-electron chi connectivity index (χ0n) is 11.9. The van der Waals surface area contributed by atoms with Gasteiger partial charge in [-0.05, 0) is 30.7 Å². The van der Waals surface area contributed by atoms with Crippen molar-refractivity contribution in [3.8, 4) is 0 Å². The fraction of sp³-hybridized carbons (Fsp3) is 0.357. The van der Waals surface area contributed by atoms with Crippen molar-refractivity contribution >= 4 is 33.8 Å². The molecule has 0 spiro atoms. The number of hydrogen-bond acceptors (Lipinski definition) is 5. The highest BCUT2D eigenvalue weighted by Crippen LogP contribution is 2.16. The molecule has 1 N–H and O–H groups in total. The van der Waals surface area contributed by atoms with Gasteiger partial charge in [-0.25, -0.2) is 4.79 Å². The number of benzene rings is 1. The summed E-state index contributed by atoms with van der Waals surface area (Å²) in [6, 6.07) is 4.04. The number of aryl methyl sites for hydroxylation is 1. The molecule has 1 rings (SSSR count). The van der Waals surface area contributed by atoms with E-state index in [0.29, 0.717) is 5.56 Å². The highest BCUT2D eigenvalue weighted by molar-refractivity contribution is 9.10. The monoisotopic (exact) mass is 357 g/mol. The molecule has 1 aromatic rings. The van der Waals surface area contributed by atoms with Gasteiger partial charge in [0.1, 0.15) is 6.04 Å². The van der Waals surface area contributed by atoms with E-state index < -0.39 is 23.9 Å². The lowest BCUT2D eigenvalue weighted by Gasteiger charge is -2.16. The zero-order valence-corrected chi connectivity index (χ0v) is 13.5. The second-order valence-corrected chi connectivity index (χ2v) is 5.20. The van der Waals surface area contributed by atoms with Crippen LogP contribution in [0.2, 0.25) is 0 Å². The predicted molar refractivity (Wildman–Crippen MR) is 78.8 cm³/mol. The van der Waals surface area contributed by atoms with Gasteiger partial charge in [0.25, 0.3) is 5.91 Å². The molecule has 7 heteroatoms. The summed E-state index contributed by atoms with van der Waals surface area (Å²) in [6.07, 6.45) is -0.287. The van der Waals surface area contributed by atoms with Crippen LogP contribution in [0.4, 0.5) is 0 Å². The van der Waals surface area contributed by atoms with Crippen molar-refractivity contribution in [1.82, 2.24) is 5.32 Å².